The number of aliphatic hydroxyl groups is 1. The highest BCUT2D eigenvalue weighted by atomic mass is 16.3. The maximum Gasteiger partial charge on any atom is 0.0962 e. The van der Waals surface area contributed by atoms with Crippen molar-refractivity contribution < 1.29 is 5.11 Å². The van der Waals surface area contributed by atoms with Crippen LogP contribution in [0.15, 0.2) is 12.3 Å². The molecule has 0 unspecified atom stereocenters. The van der Waals surface area contributed by atoms with E-state index in [-0.39, 0.29) is 6.10 Å². The van der Waals surface area contributed by atoms with Crippen LogP contribution in [0.1, 0.15) is 35.8 Å². The van der Waals surface area contributed by atoms with Gasteiger partial charge in [-0.3, -0.25) is 4.98 Å². The molecule has 0 saturated carbocycles. The number of nitrogens with zero attached hydrogens (tertiary/aromatic N) is 1. The molecule has 0 aliphatic heterocycles. The van der Waals surface area contributed by atoms with Crippen molar-refractivity contribution in [2.24, 2.45) is 0 Å². The molecule has 2 rings (SSSR count). The molecule has 64 valence electrons. The summed E-state index contributed by atoms with van der Waals surface area (Å²) in [6, 6.07) is 2.01. The van der Waals surface area contributed by atoms with Crippen LogP contribution < -0.4 is 0 Å². The van der Waals surface area contributed by atoms with Crippen LogP contribution in [0.5, 0.6) is 0 Å². The Morgan fingerprint density at radius 3 is 3.17 bits per heavy atom. The summed E-state index contributed by atoms with van der Waals surface area (Å²) in [6.45, 7) is 2.08. The van der Waals surface area contributed by atoms with Gasteiger partial charge in [0, 0.05) is 6.20 Å². The number of aliphatic hydroxyl groups excluding tert-OH is 1. The molecule has 0 amide bonds. The van der Waals surface area contributed by atoms with Crippen molar-refractivity contribution in [3.05, 3.63) is 29.1 Å². The molecule has 1 aromatic heterocycles. The minimum atomic E-state index is -0.325. The van der Waals surface area contributed by atoms with Crippen LogP contribution in [0.4, 0.5) is 0 Å². The van der Waals surface area contributed by atoms with Gasteiger partial charge in [0.25, 0.3) is 0 Å². The lowest BCUT2D eigenvalue weighted by atomic mass is 9.91. The molecule has 1 atom stereocenters. The topological polar surface area (TPSA) is 33.1 Å². The Morgan fingerprint density at radius 2 is 2.42 bits per heavy atom. The summed E-state index contributed by atoms with van der Waals surface area (Å²) in [5.74, 6) is 0. The molecule has 0 saturated heterocycles. The van der Waals surface area contributed by atoms with E-state index >= 15 is 0 Å². The fraction of sp³-hybridized carbons (Fsp3) is 0.500. The Kier molecular flexibility index (Phi) is 1.85. The fourth-order valence-electron chi connectivity index (χ4n) is 1.83. The van der Waals surface area contributed by atoms with Crippen LogP contribution in [0.3, 0.4) is 0 Å². The number of aromatic nitrogens is 1. The summed E-state index contributed by atoms with van der Waals surface area (Å²) in [5, 5.41) is 9.62. The van der Waals surface area contributed by atoms with Crippen LogP contribution in [-0.4, -0.2) is 10.1 Å². The van der Waals surface area contributed by atoms with E-state index in [9.17, 15) is 5.11 Å². The Morgan fingerprint density at radius 1 is 1.58 bits per heavy atom. The third-order valence-electron chi connectivity index (χ3n) is 2.54. The predicted octanol–water partition coefficient (Wildman–Crippen LogP) is 1.76. The summed E-state index contributed by atoms with van der Waals surface area (Å²) < 4.78 is 0. The molecule has 1 aromatic rings. The highest BCUT2D eigenvalue weighted by Crippen LogP contribution is 2.29. The van der Waals surface area contributed by atoms with Crippen molar-refractivity contribution >= 4 is 0 Å². The van der Waals surface area contributed by atoms with Gasteiger partial charge in [-0.1, -0.05) is 0 Å². The SMILES string of the molecule is Cc1ccnc2c1CCC[C@H]2O. The lowest BCUT2D eigenvalue weighted by Crippen LogP contribution is -2.12. The normalized spacial score (nSPS) is 22.0. The van der Waals surface area contributed by atoms with E-state index in [2.05, 4.69) is 11.9 Å². The van der Waals surface area contributed by atoms with E-state index in [0.717, 1.165) is 25.0 Å². The fourth-order valence-corrected chi connectivity index (χ4v) is 1.83. The zero-order chi connectivity index (χ0) is 8.55. The number of fused-ring (bicyclic) bond motifs is 1. The first-order valence-electron chi connectivity index (χ1n) is 4.41. The minimum Gasteiger partial charge on any atom is -0.387 e. The van der Waals surface area contributed by atoms with Gasteiger partial charge in [0.05, 0.1) is 11.8 Å². The van der Waals surface area contributed by atoms with E-state index in [1.165, 1.54) is 11.1 Å². The first-order chi connectivity index (χ1) is 5.79. The number of aryl methyl sites for hydroxylation is 1. The zero-order valence-electron chi connectivity index (χ0n) is 7.25. The van der Waals surface area contributed by atoms with E-state index in [1.54, 1.807) is 6.20 Å². The average Bonchev–Trinajstić information content (AvgIpc) is 2.07. The van der Waals surface area contributed by atoms with Gasteiger partial charge in [-0.25, -0.2) is 0 Å². The van der Waals surface area contributed by atoms with Gasteiger partial charge < -0.3 is 5.11 Å². The summed E-state index contributed by atoms with van der Waals surface area (Å²) in [6.07, 6.45) is 4.48. The Balaban J connectivity index is 2.52. The number of hydrogen-bond acceptors (Lipinski definition) is 2. The van der Waals surface area contributed by atoms with Crippen LogP contribution in [0.2, 0.25) is 0 Å². The van der Waals surface area contributed by atoms with Crippen LogP contribution in [0.25, 0.3) is 0 Å². The van der Waals surface area contributed by atoms with E-state index in [1.807, 2.05) is 6.07 Å². The molecule has 0 aromatic carbocycles. The number of pyridine rings is 1. The van der Waals surface area contributed by atoms with Gasteiger partial charge in [0.1, 0.15) is 0 Å². The van der Waals surface area contributed by atoms with E-state index in [0.29, 0.717) is 0 Å². The Bertz CT molecular complexity index is 296. The third kappa shape index (κ3) is 1.12. The van der Waals surface area contributed by atoms with Gasteiger partial charge >= 0.3 is 0 Å². The molecular formula is C10H13NO. The molecule has 1 heterocycles. The molecular weight excluding hydrogens is 150 g/mol. The van der Waals surface area contributed by atoms with Crippen LogP contribution in [0, 0.1) is 6.92 Å². The number of hydrogen-bond donors (Lipinski definition) is 1. The van der Waals surface area contributed by atoms with Crippen molar-refractivity contribution in [2.45, 2.75) is 32.3 Å². The second kappa shape index (κ2) is 2.87. The Labute approximate surface area is 72.3 Å². The molecule has 2 nitrogen and oxygen atoms in total. The van der Waals surface area contributed by atoms with Crippen molar-refractivity contribution in [3.63, 3.8) is 0 Å². The second-order valence-corrected chi connectivity index (χ2v) is 3.40. The average molecular weight is 163 g/mol. The van der Waals surface area contributed by atoms with Gasteiger partial charge in [0.15, 0.2) is 0 Å². The molecule has 0 spiro atoms. The lowest BCUT2D eigenvalue weighted by molar-refractivity contribution is 0.151. The largest absolute Gasteiger partial charge is 0.387 e. The van der Waals surface area contributed by atoms with Crippen molar-refractivity contribution in [1.82, 2.24) is 4.98 Å². The third-order valence-corrected chi connectivity index (χ3v) is 2.54. The van der Waals surface area contributed by atoms with Crippen molar-refractivity contribution in [2.75, 3.05) is 0 Å². The van der Waals surface area contributed by atoms with Crippen LogP contribution >= 0.6 is 0 Å². The van der Waals surface area contributed by atoms with E-state index < -0.39 is 0 Å². The molecule has 0 fully saturated rings. The van der Waals surface area contributed by atoms with Crippen molar-refractivity contribution in [1.29, 1.82) is 0 Å². The molecule has 1 aliphatic rings. The second-order valence-electron chi connectivity index (χ2n) is 3.40. The predicted molar refractivity (Wildman–Crippen MR) is 46.9 cm³/mol. The monoisotopic (exact) mass is 163 g/mol. The molecule has 12 heavy (non-hydrogen) atoms. The molecule has 1 N–H and O–H groups in total. The molecule has 1 aliphatic carbocycles. The quantitative estimate of drug-likeness (QED) is 0.632. The van der Waals surface area contributed by atoms with Crippen LogP contribution in [-0.2, 0) is 6.42 Å². The Hall–Kier alpha value is -0.890. The summed E-state index contributed by atoms with van der Waals surface area (Å²) in [4.78, 5) is 4.21. The maximum atomic E-state index is 9.62. The first-order valence-corrected chi connectivity index (χ1v) is 4.41. The zero-order valence-corrected chi connectivity index (χ0v) is 7.25. The van der Waals surface area contributed by atoms with Crippen molar-refractivity contribution in [3.8, 4) is 0 Å². The molecule has 0 radical (unpaired) electrons. The van der Waals surface area contributed by atoms with E-state index in [4.69, 9.17) is 0 Å². The highest BCUT2D eigenvalue weighted by Gasteiger charge is 2.19. The summed E-state index contributed by atoms with van der Waals surface area (Å²) >= 11 is 0. The molecule has 2 heteroatoms. The van der Waals surface area contributed by atoms with Gasteiger partial charge in [0.2, 0.25) is 0 Å². The van der Waals surface area contributed by atoms with Gasteiger partial charge in [-0.15, -0.1) is 0 Å². The van der Waals surface area contributed by atoms with Gasteiger partial charge in [-0.05, 0) is 43.4 Å². The molecule has 0 bridgehead atoms. The maximum absolute atomic E-state index is 9.62. The minimum absolute atomic E-state index is 0.325. The van der Waals surface area contributed by atoms with Gasteiger partial charge in [-0.2, -0.15) is 0 Å². The highest BCUT2D eigenvalue weighted by molar-refractivity contribution is 5.31. The smallest absolute Gasteiger partial charge is 0.0962 e. The summed E-state index contributed by atoms with van der Waals surface area (Å²) in [7, 11) is 0. The lowest BCUT2D eigenvalue weighted by Gasteiger charge is -2.21. The first kappa shape index (κ1) is 7.74. The summed E-state index contributed by atoms with van der Waals surface area (Å²) in [5.41, 5.74) is 3.43. The number of rotatable bonds is 0. The standard InChI is InChI=1S/C10H13NO/c1-7-5-6-11-10-8(7)3-2-4-9(10)12/h5-6,9,12H,2-4H2,1H3/t9-/m1/s1.